The second-order valence-electron chi connectivity index (χ2n) is 7.39. The quantitative estimate of drug-likeness (QED) is 0.757. The molecule has 0 unspecified atom stereocenters. The van der Waals surface area contributed by atoms with Gasteiger partial charge in [0.15, 0.2) is 0 Å². The lowest BCUT2D eigenvalue weighted by atomic mass is 9.78. The van der Waals surface area contributed by atoms with Gasteiger partial charge in [0.05, 0.1) is 6.61 Å². The van der Waals surface area contributed by atoms with Gasteiger partial charge in [-0.05, 0) is 33.1 Å². The van der Waals surface area contributed by atoms with Gasteiger partial charge < -0.3 is 10.1 Å². The van der Waals surface area contributed by atoms with Gasteiger partial charge in [-0.1, -0.05) is 32.6 Å². The summed E-state index contributed by atoms with van der Waals surface area (Å²) in [6.07, 6.45) is 9.35. The van der Waals surface area contributed by atoms with Gasteiger partial charge in [-0.15, -0.1) is 0 Å². The van der Waals surface area contributed by atoms with Gasteiger partial charge in [0, 0.05) is 37.3 Å². The van der Waals surface area contributed by atoms with Crippen LogP contribution >= 0.6 is 0 Å². The molecule has 3 heteroatoms. The molecule has 0 aromatic heterocycles. The number of hydrogen-bond acceptors (Lipinski definition) is 3. The highest BCUT2D eigenvalue weighted by Gasteiger charge is 2.42. The maximum absolute atomic E-state index is 5.78. The second-order valence-corrected chi connectivity index (χ2v) is 7.39. The average molecular weight is 282 g/mol. The molecular weight excluding hydrogens is 248 g/mol. The zero-order valence-electron chi connectivity index (χ0n) is 13.8. The third-order valence-electron chi connectivity index (χ3n) is 5.20. The molecule has 1 aliphatic heterocycles. The van der Waals surface area contributed by atoms with E-state index < -0.39 is 0 Å². The molecule has 20 heavy (non-hydrogen) atoms. The molecule has 0 aromatic carbocycles. The topological polar surface area (TPSA) is 24.5 Å². The monoisotopic (exact) mass is 282 g/mol. The Kier molecular flexibility index (Phi) is 5.88. The van der Waals surface area contributed by atoms with Crippen LogP contribution in [0, 0.1) is 0 Å². The number of nitrogens with one attached hydrogen (secondary N) is 1. The smallest absolute Gasteiger partial charge is 0.0593 e. The molecule has 2 aliphatic rings. The predicted octanol–water partition coefficient (Wildman–Crippen LogP) is 3.19. The van der Waals surface area contributed by atoms with Crippen LogP contribution < -0.4 is 5.32 Å². The van der Waals surface area contributed by atoms with Gasteiger partial charge in [-0.25, -0.2) is 0 Å². The molecule has 118 valence electrons. The molecule has 0 radical (unpaired) electrons. The van der Waals surface area contributed by atoms with Crippen molar-refractivity contribution < 1.29 is 4.74 Å². The van der Waals surface area contributed by atoms with Crippen LogP contribution in [0.2, 0.25) is 0 Å². The van der Waals surface area contributed by atoms with Gasteiger partial charge >= 0.3 is 0 Å². The molecule has 2 rings (SSSR count). The Bertz CT molecular complexity index is 285. The third-order valence-corrected chi connectivity index (χ3v) is 5.20. The summed E-state index contributed by atoms with van der Waals surface area (Å²) in [7, 11) is 0. The van der Waals surface area contributed by atoms with Crippen molar-refractivity contribution in [2.75, 3.05) is 32.8 Å². The number of piperazine rings is 1. The van der Waals surface area contributed by atoms with E-state index in [0.717, 1.165) is 26.3 Å². The van der Waals surface area contributed by atoms with Crippen molar-refractivity contribution in [3.63, 3.8) is 0 Å². The minimum Gasteiger partial charge on any atom is -0.380 e. The van der Waals surface area contributed by atoms with E-state index in [2.05, 4.69) is 31.0 Å². The van der Waals surface area contributed by atoms with E-state index >= 15 is 0 Å². The normalized spacial score (nSPS) is 25.9. The number of rotatable bonds is 6. The van der Waals surface area contributed by atoms with Crippen LogP contribution in [0.1, 0.15) is 65.7 Å². The first-order chi connectivity index (χ1) is 9.58. The Morgan fingerprint density at radius 2 is 1.85 bits per heavy atom. The first-order valence-electron chi connectivity index (χ1n) is 8.66. The fourth-order valence-corrected chi connectivity index (χ4v) is 3.62. The first-order valence-corrected chi connectivity index (χ1v) is 8.66. The molecule has 0 bridgehead atoms. The van der Waals surface area contributed by atoms with Crippen LogP contribution in [0.4, 0.5) is 0 Å². The van der Waals surface area contributed by atoms with Crippen LogP contribution in [-0.4, -0.2) is 48.8 Å². The van der Waals surface area contributed by atoms with Crippen molar-refractivity contribution in [3.8, 4) is 0 Å². The van der Waals surface area contributed by atoms with E-state index in [9.17, 15) is 0 Å². The highest BCUT2D eigenvalue weighted by Crippen LogP contribution is 2.34. The fourth-order valence-electron chi connectivity index (χ4n) is 3.62. The summed E-state index contributed by atoms with van der Waals surface area (Å²) >= 11 is 0. The standard InChI is InChI=1S/C17H34N2O/c1-4-5-12-20-13-11-19-15-17(9-7-6-8-10-17)18-14-16(19,2)3/h18H,4-15H2,1-3H3. The van der Waals surface area contributed by atoms with E-state index in [1.807, 2.05) is 0 Å². The molecule has 0 aromatic rings. The van der Waals surface area contributed by atoms with Gasteiger partial charge in [0.1, 0.15) is 0 Å². The lowest BCUT2D eigenvalue weighted by molar-refractivity contribution is -0.00949. The Labute approximate surface area is 125 Å². The molecule has 3 nitrogen and oxygen atoms in total. The predicted molar refractivity (Wildman–Crippen MR) is 85.2 cm³/mol. The minimum atomic E-state index is 0.261. The van der Waals surface area contributed by atoms with Crippen molar-refractivity contribution in [3.05, 3.63) is 0 Å². The zero-order valence-corrected chi connectivity index (χ0v) is 13.8. The van der Waals surface area contributed by atoms with E-state index in [4.69, 9.17) is 4.74 Å². The lowest BCUT2D eigenvalue weighted by Crippen LogP contribution is -2.68. The highest BCUT2D eigenvalue weighted by atomic mass is 16.5. The molecule has 2 fully saturated rings. The van der Waals surface area contributed by atoms with Crippen LogP contribution in [0.3, 0.4) is 0 Å². The summed E-state index contributed by atoms with van der Waals surface area (Å²) < 4.78 is 5.78. The molecule has 1 spiro atoms. The second kappa shape index (κ2) is 7.24. The largest absolute Gasteiger partial charge is 0.380 e. The molecule has 1 saturated heterocycles. The van der Waals surface area contributed by atoms with Crippen molar-refractivity contribution in [1.29, 1.82) is 0 Å². The van der Waals surface area contributed by atoms with Crippen LogP contribution in [0.15, 0.2) is 0 Å². The summed E-state index contributed by atoms with van der Waals surface area (Å²) in [6, 6.07) is 0. The van der Waals surface area contributed by atoms with E-state index in [1.165, 1.54) is 51.5 Å². The zero-order chi connectivity index (χ0) is 14.5. The minimum absolute atomic E-state index is 0.261. The highest BCUT2D eigenvalue weighted by molar-refractivity contribution is 5.02. The van der Waals surface area contributed by atoms with Gasteiger partial charge in [-0.3, -0.25) is 4.90 Å². The van der Waals surface area contributed by atoms with Crippen molar-refractivity contribution in [2.45, 2.75) is 76.8 Å². The molecule has 1 heterocycles. The number of hydrogen-bond donors (Lipinski definition) is 1. The van der Waals surface area contributed by atoms with Gasteiger partial charge in [0.25, 0.3) is 0 Å². The molecule has 1 N–H and O–H groups in total. The van der Waals surface area contributed by atoms with Crippen LogP contribution in [-0.2, 0) is 4.74 Å². The number of ether oxygens (including phenoxy) is 1. The van der Waals surface area contributed by atoms with Crippen molar-refractivity contribution >= 4 is 0 Å². The summed E-state index contributed by atoms with van der Waals surface area (Å²) in [5.41, 5.74) is 0.661. The molecule has 1 aliphatic carbocycles. The lowest BCUT2D eigenvalue weighted by Gasteiger charge is -2.53. The summed E-state index contributed by atoms with van der Waals surface area (Å²) in [6.45, 7) is 12.2. The Morgan fingerprint density at radius 1 is 1.10 bits per heavy atom. The average Bonchev–Trinajstić information content (AvgIpc) is 2.44. The summed E-state index contributed by atoms with van der Waals surface area (Å²) in [4.78, 5) is 2.67. The number of nitrogens with zero attached hydrogens (tertiary/aromatic N) is 1. The number of unbranched alkanes of at least 4 members (excludes halogenated alkanes) is 1. The molecule has 1 saturated carbocycles. The molecular formula is C17H34N2O. The molecule has 0 atom stereocenters. The SMILES string of the molecule is CCCCOCCN1CC2(CCCCC2)NCC1(C)C. The van der Waals surface area contributed by atoms with E-state index in [0.29, 0.717) is 5.54 Å². The van der Waals surface area contributed by atoms with E-state index in [1.54, 1.807) is 0 Å². The van der Waals surface area contributed by atoms with Crippen molar-refractivity contribution in [2.24, 2.45) is 0 Å². The Balaban J connectivity index is 1.83. The van der Waals surface area contributed by atoms with E-state index in [-0.39, 0.29) is 5.54 Å². The third kappa shape index (κ3) is 4.19. The van der Waals surface area contributed by atoms with Crippen LogP contribution in [0.25, 0.3) is 0 Å². The van der Waals surface area contributed by atoms with Crippen molar-refractivity contribution in [1.82, 2.24) is 10.2 Å². The van der Waals surface area contributed by atoms with Gasteiger partial charge in [0.2, 0.25) is 0 Å². The van der Waals surface area contributed by atoms with Crippen LogP contribution in [0.5, 0.6) is 0 Å². The maximum Gasteiger partial charge on any atom is 0.0593 e. The fraction of sp³-hybridized carbons (Fsp3) is 1.00. The molecule has 0 amide bonds. The first kappa shape index (κ1) is 16.3. The Morgan fingerprint density at radius 3 is 2.55 bits per heavy atom. The summed E-state index contributed by atoms with van der Waals surface area (Å²) in [5.74, 6) is 0. The maximum atomic E-state index is 5.78. The summed E-state index contributed by atoms with van der Waals surface area (Å²) in [5, 5.41) is 3.88. The Hall–Kier alpha value is -0.120. The van der Waals surface area contributed by atoms with Gasteiger partial charge in [-0.2, -0.15) is 0 Å².